The van der Waals surface area contributed by atoms with E-state index < -0.39 is 9.84 Å². The van der Waals surface area contributed by atoms with Gasteiger partial charge in [0.2, 0.25) is 0 Å². The van der Waals surface area contributed by atoms with Gasteiger partial charge in [-0.15, -0.1) is 11.3 Å². The smallest absolute Gasteiger partial charge is 0.175 e. The molecule has 0 fully saturated rings. The molecule has 0 aliphatic rings. The van der Waals surface area contributed by atoms with Gasteiger partial charge in [0.25, 0.3) is 0 Å². The quantitative estimate of drug-likeness (QED) is 0.643. The van der Waals surface area contributed by atoms with Crippen molar-refractivity contribution < 1.29 is 12.8 Å². The van der Waals surface area contributed by atoms with Gasteiger partial charge >= 0.3 is 0 Å². The van der Waals surface area contributed by atoms with Gasteiger partial charge in [-0.2, -0.15) is 0 Å². The van der Waals surface area contributed by atoms with E-state index in [1.807, 2.05) is 9.95 Å². The minimum atomic E-state index is -3.23. The second-order valence-electron chi connectivity index (χ2n) is 5.00. The molecule has 0 radical (unpaired) electrons. The fraction of sp³-hybridized carbons (Fsp3) is 0.0625. The summed E-state index contributed by atoms with van der Waals surface area (Å²) in [6.45, 7) is 0. The predicted octanol–water partition coefficient (Wildman–Crippen LogP) is 4.48. The van der Waals surface area contributed by atoms with E-state index in [9.17, 15) is 12.8 Å². The van der Waals surface area contributed by atoms with Crippen molar-refractivity contribution in [1.82, 2.24) is 4.57 Å². The van der Waals surface area contributed by atoms with Crippen LogP contribution in [0.5, 0.6) is 0 Å². The topological polar surface area (TPSA) is 39.1 Å². The highest BCUT2D eigenvalue weighted by Crippen LogP contribution is 2.28. The summed E-state index contributed by atoms with van der Waals surface area (Å²) in [6.07, 6.45) is 1.17. The van der Waals surface area contributed by atoms with Crippen LogP contribution >= 0.6 is 23.6 Å². The molecule has 0 N–H and O–H groups in total. The van der Waals surface area contributed by atoms with Crippen molar-refractivity contribution in [1.29, 1.82) is 0 Å². The van der Waals surface area contributed by atoms with Crippen LogP contribution in [0.3, 0.4) is 0 Å². The summed E-state index contributed by atoms with van der Waals surface area (Å²) in [5, 5.41) is 1.90. The summed E-state index contributed by atoms with van der Waals surface area (Å²) in [5.74, 6) is -0.311. The van der Waals surface area contributed by atoms with Crippen LogP contribution < -0.4 is 0 Å². The summed E-state index contributed by atoms with van der Waals surface area (Å²) in [5.41, 5.74) is 2.44. The molecule has 0 saturated carbocycles. The third-order valence-corrected chi connectivity index (χ3v) is 5.68. The van der Waals surface area contributed by atoms with E-state index in [0.717, 1.165) is 16.9 Å². The summed E-state index contributed by atoms with van der Waals surface area (Å²) >= 11 is 6.76. The average molecular weight is 365 g/mol. The van der Waals surface area contributed by atoms with Crippen LogP contribution in [0.2, 0.25) is 0 Å². The van der Waals surface area contributed by atoms with Crippen LogP contribution in [0.25, 0.3) is 16.9 Å². The van der Waals surface area contributed by atoms with E-state index >= 15 is 0 Å². The maximum absolute atomic E-state index is 13.1. The minimum Gasteiger partial charge on any atom is -0.292 e. The van der Waals surface area contributed by atoms with Crippen molar-refractivity contribution in [2.24, 2.45) is 0 Å². The molecular formula is C16H12FNO2S3. The number of thiazole rings is 1. The highest BCUT2D eigenvalue weighted by atomic mass is 32.2. The van der Waals surface area contributed by atoms with E-state index in [1.54, 1.807) is 36.4 Å². The van der Waals surface area contributed by atoms with E-state index in [1.165, 1.54) is 29.7 Å². The lowest BCUT2D eigenvalue weighted by Crippen LogP contribution is -1.98. The maximum Gasteiger partial charge on any atom is 0.175 e. The molecule has 118 valence electrons. The van der Waals surface area contributed by atoms with Crippen molar-refractivity contribution in [3.8, 4) is 16.9 Å². The molecule has 0 spiro atoms. The molecule has 1 heterocycles. The summed E-state index contributed by atoms with van der Waals surface area (Å²) in [6, 6.07) is 12.7. The number of halogens is 1. The van der Waals surface area contributed by atoms with Gasteiger partial charge in [-0.25, -0.2) is 12.8 Å². The Balaban J connectivity index is 2.12. The van der Waals surface area contributed by atoms with E-state index in [0.29, 0.717) is 3.95 Å². The minimum absolute atomic E-state index is 0.267. The molecule has 1 aromatic heterocycles. The molecule has 0 unspecified atom stereocenters. The maximum atomic E-state index is 13.1. The highest BCUT2D eigenvalue weighted by Gasteiger charge is 2.11. The Morgan fingerprint density at radius 2 is 1.65 bits per heavy atom. The number of nitrogens with zero attached hydrogens (tertiary/aromatic N) is 1. The summed E-state index contributed by atoms with van der Waals surface area (Å²) < 4.78 is 38.7. The second kappa shape index (κ2) is 5.99. The molecule has 3 nitrogen and oxygen atoms in total. The number of aromatic nitrogens is 1. The molecule has 0 atom stereocenters. The Hall–Kier alpha value is -1.83. The first-order valence-corrected chi connectivity index (χ1v) is 9.81. The number of hydrogen-bond acceptors (Lipinski definition) is 4. The monoisotopic (exact) mass is 365 g/mol. The molecule has 0 aliphatic carbocycles. The number of sulfone groups is 1. The first-order chi connectivity index (χ1) is 10.9. The van der Waals surface area contributed by atoms with Gasteiger partial charge in [0, 0.05) is 17.3 Å². The molecule has 0 saturated heterocycles. The van der Waals surface area contributed by atoms with Gasteiger partial charge < -0.3 is 0 Å². The van der Waals surface area contributed by atoms with Crippen LogP contribution in [0.4, 0.5) is 4.39 Å². The largest absolute Gasteiger partial charge is 0.292 e. The van der Waals surface area contributed by atoms with Gasteiger partial charge in [-0.1, -0.05) is 12.1 Å². The molecule has 3 aromatic rings. The SMILES string of the molecule is CS(=O)(=O)c1ccc(-c2csc(=S)n2-c2ccc(F)cc2)cc1. The van der Waals surface area contributed by atoms with Crippen LogP contribution in [-0.4, -0.2) is 19.2 Å². The fourth-order valence-corrected chi connectivity index (χ4v) is 3.96. The number of hydrogen-bond donors (Lipinski definition) is 0. The lowest BCUT2D eigenvalue weighted by Gasteiger charge is -2.09. The third-order valence-electron chi connectivity index (χ3n) is 3.36. The van der Waals surface area contributed by atoms with E-state index in [-0.39, 0.29) is 10.7 Å². The number of benzene rings is 2. The van der Waals surface area contributed by atoms with Gasteiger partial charge in [-0.05, 0) is 54.2 Å². The molecular weight excluding hydrogens is 353 g/mol. The molecule has 0 amide bonds. The molecule has 3 rings (SSSR count). The zero-order valence-electron chi connectivity index (χ0n) is 12.1. The molecule has 0 aliphatic heterocycles. The van der Waals surface area contributed by atoms with Crippen molar-refractivity contribution in [3.63, 3.8) is 0 Å². The molecule has 2 aromatic carbocycles. The average Bonchev–Trinajstić information content (AvgIpc) is 2.89. The number of rotatable bonds is 3. The Morgan fingerprint density at radius 3 is 2.22 bits per heavy atom. The zero-order valence-corrected chi connectivity index (χ0v) is 14.5. The van der Waals surface area contributed by atoms with Crippen LogP contribution in [-0.2, 0) is 9.84 Å². The van der Waals surface area contributed by atoms with Gasteiger partial charge in [0.1, 0.15) is 5.82 Å². The Labute approximate surface area is 142 Å². The molecule has 7 heteroatoms. The van der Waals surface area contributed by atoms with Gasteiger partial charge in [0.05, 0.1) is 10.6 Å². The Kier molecular flexibility index (Phi) is 4.18. The first kappa shape index (κ1) is 16.0. The van der Waals surface area contributed by atoms with Crippen LogP contribution in [0, 0.1) is 9.77 Å². The Bertz CT molecular complexity index is 1000. The van der Waals surface area contributed by atoms with E-state index in [2.05, 4.69) is 0 Å². The molecule has 23 heavy (non-hydrogen) atoms. The Morgan fingerprint density at radius 1 is 1.04 bits per heavy atom. The third kappa shape index (κ3) is 3.26. The summed E-state index contributed by atoms with van der Waals surface area (Å²) in [4.78, 5) is 0.267. The van der Waals surface area contributed by atoms with Crippen molar-refractivity contribution >= 4 is 33.4 Å². The fourth-order valence-electron chi connectivity index (χ4n) is 2.21. The van der Waals surface area contributed by atoms with Crippen molar-refractivity contribution in [3.05, 3.63) is 63.7 Å². The normalized spacial score (nSPS) is 11.6. The second-order valence-corrected chi connectivity index (χ2v) is 8.51. The summed E-state index contributed by atoms with van der Waals surface area (Å²) in [7, 11) is -3.23. The van der Waals surface area contributed by atoms with Crippen LogP contribution in [0.1, 0.15) is 0 Å². The van der Waals surface area contributed by atoms with Crippen molar-refractivity contribution in [2.45, 2.75) is 4.90 Å². The zero-order chi connectivity index (χ0) is 16.6. The molecule has 0 bridgehead atoms. The van der Waals surface area contributed by atoms with Gasteiger partial charge in [-0.3, -0.25) is 4.57 Å². The highest BCUT2D eigenvalue weighted by molar-refractivity contribution is 7.90. The first-order valence-electron chi connectivity index (χ1n) is 6.63. The lowest BCUT2D eigenvalue weighted by molar-refractivity contribution is 0.602. The lowest BCUT2D eigenvalue weighted by atomic mass is 10.1. The van der Waals surface area contributed by atoms with Crippen molar-refractivity contribution in [2.75, 3.05) is 6.26 Å². The van der Waals surface area contributed by atoms with Crippen LogP contribution in [0.15, 0.2) is 58.8 Å². The standard InChI is InChI=1S/C16H12FNO2S3/c1-23(19,20)14-8-2-11(3-9-14)15-10-22-16(21)18(15)13-6-4-12(17)5-7-13/h2-10H,1H3. The predicted molar refractivity (Wildman–Crippen MR) is 93.0 cm³/mol. The van der Waals surface area contributed by atoms with E-state index in [4.69, 9.17) is 12.2 Å². The van der Waals surface area contributed by atoms with Gasteiger partial charge in [0.15, 0.2) is 13.8 Å².